The van der Waals surface area contributed by atoms with E-state index in [1.165, 1.54) is 0 Å². The van der Waals surface area contributed by atoms with Crippen LogP contribution in [0.5, 0.6) is 0 Å². The molecule has 0 saturated carbocycles. The van der Waals surface area contributed by atoms with Crippen LogP contribution in [0.2, 0.25) is 0 Å². The molecule has 0 aliphatic carbocycles. The molecule has 0 atom stereocenters. The van der Waals surface area contributed by atoms with Crippen LogP contribution in [0.4, 0.5) is 0 Å². The lowest BCUT2D eigenvalue weighted by atomic mass is 9.89. The van der Waals surface area contributed by atoms with Crippen LogP contribution in [0, 0.1) is 0 Å². The number of ether oxygens (including phenoxy) is 1. The maximum atomic E-state index is 12.6. The topological polar surface area (TPSA) is 74.3 Å². The van der Waals surface area contributed by atoms with Crippen LogP contribution in [0.15, 0.2) is 30.3 Å². The smallest absolute Gasteiger partial charge is 0.230 e. The first-order valence-electron chi connectivity index (χ1n) is 9.21. The molecule has 26 heavy (non-hydrogen) atoms. The molecule has 0 radical (unpaired) electrons. The molecule has 1 aromatic carbocycles. The van der Waals surface area contributed by atoms with Crippen molar-refractivity contribution >= 4 is 5.91 Å². The SMILES string of the molecule is CN1CCOC2(CCN(C(=O)Cc3nc(-c4ccccc4)n[nH]3)CC2)C1. The van der Waals surface area contributed by atoms with Crippen molar-refractivity contribution in [3.05, 3.63) is 36.2 Å². The second-order valence-electron chi connectivity index (χ2n) is 7.30. The van der Waals surface area contributed by atoms with Crippen molar-refractivity contribution in [3.63, 3.8) is 0 Å². The third-order valence-corrected chi connectivity index (χ3v) is 5.35. The number of nitrogens with zero attached hydrogens (tertiary/aromatic N) is 4. The average molecular weight is 355 g/mol. The number of amides is 1. The standard InChI is InChI=1S/C19H25N5O2/c1-23-11-12-26-19(14-23)7-9-24(10-8-19)17(25)13-16-20-18(22-21-16)15-5-3-2-4-6-15/h2-6H,7-14H2,1H3,(H,20,21,22). The van der Waals surface area contributed by atoms with E-state index in [0.29, 0.717) is 11.6 Å². The van der Waals surface area contributed by atoms with Gasteiger partial charge in [-0.25, -0.2) is 4.98 Å². The third kappa shape index (κ3) is 3.64. The molecule has 2 fully saturated rings. The van der Waals surface area contributed by atoms with Gasteiger partial charge in [-0.1, -0.05) is 30.3 Å². The van der Waals surface area contributed by atoms with Crippen LogP contribution in [0.3, 0.4) is 0 Å². The highest BCUT2D eigenvalue weighted by Gasteiger charge is 2.39. The molecule has 138 valence electrons. The minimum absolute atomic E-state index is 0.0729. The van der Waals surface area contributed by atoms with Crippen molar-refractivity contribution in [1.82, 2.24) is 25.0 Å². The fraction of sp³-hybridized carbons (Fsp3) is 0.526. The van der Waals surface area contributed by atoms with Gasteiger partial charge in [-0.3, -0.25) is 9.89 Å². The molecule has 1 N–H and O–H groups in total. The van der Waals surface area contributed by atoms with Gasteiger partial charge in [0.2, 0.25) is 5.91 Å². The highest BCUT2D eigenvalue weighted by atomic mass is 16.5. The van der Waals surface area contributed by atoms with Crippen LogP contribution in [0.1, 0.15) is 18.7 Å². The van der Waals surface area contributed by atoms with Crippen molar-refractivity contribution < 1.29 is 9.53 Å². The van der Waals surface area contributed by atoms with Gasteiger partial charge < -0.3 is 14.5 Å². The molecule has 2 aromatic rings. The molecule has 7 nitrogen and oxygen atoms in total. The summed E-state index contributed by atoms with van der Waals surface area (Å²) in [5.41, 5.74) is 0.872. The van der Waals surface area contributed by atoms with Gasteiger partial charge in [-0.2, -0.15) is 5.10 Å². The van der Waals surface area contributed by atoms with Crippen LogP contribution >= 0.6 is 0 Å². The van der Waals surface area contributed by atoms with Gasteiger partial charge in [-0.05, 0) is 19.9 Å². The number of hydrogen-bond donors (Lipinski definition) is 1. The number of piperidine rings is 1. The van der Waals surface area contributed by atoms with E-state index in [2.05, 4.69) is 27.1 Å². The maximum absolute atomic E-state index is 12.6. The first kappa shape index (κ1) is 17.2. The first-order chi connectivity index (χ1) is 12.6. The van der Waals surface area contributed by atoms with E-state index >= 15 is 0 Å². The summed E-state index contributed by atoms with van der Waals surface area (Å²) in [6.45, 7) is 4.21. The Kier molecular flexibility index (Phi) is 4.74. The molecule has 1 spiro atoms. The quantitative estimate of drug-likeness (QED) is 0.899. The number of likely N-dealkylation sites (tertiary alicyclic amines) is 1. The molecule has 2 saturated heterocycles. The van der Waals surface area contributed by atoms with Crippen molar-refractivity contribution in [3.8, 4) is 11.4 Å². The lowest BCUT2D eigenvalue weighted by molar-refractivity contribution is -0.147. The van der Waals surface area contributed by atoms with Crippen molar-refractivity contribution in [2.45, 2.75) is 24.9 Å². The van der Waals surface area contributed by atoms with E-state index in [1.54, 1.807) is 0 Å². The van der Waals surface area contributed by atoms with Crippen molar-refractivity contribution in [2.24, 2.45) is 0 Å². The summed E-state index contributed by atoms with van der Waals surface area (Å²) < 4.78 is 6.07. The Morgan fingerprint density at radius 3 is 2.73 bits per heavy atom. The summed E-state index contributed by atoms with van der Waals surface area (Å²) in [5, 5.41) is 7.13. The van der Waals surface area contributed by atoms with Crippen LogP contribution in [-0.2, 0) is 16.0 Å². The number of benzene rings is 1. The molecule has 0 unspecified atom stereocenters. The normalized spacial score (nSPS) is 20.4. The predicted molar refractivity (Wildman–Crippen MR) is 97.5 cm³/mol. The number of hydrogen-bond acceptors (Lipinski definition) is 5. The van der Waals surface area contributed by atoms with Crippen LogP contribution in [0.25, 0.3) is 11.4 Å². The number of aromatic amines is 1. The number of aromatic nitrogens is 3. The fourth-order valence-corrected chi connectivity index (χ4v) is 3.85. The summed E-state index contributed by atoms with van der Waals surface area (Å²) in [6.07, 6.45) is 2.05. The molecular weight excluding hydrogens is 330 g/mol. The van der Waals surface area contributed by atoms with Crippen molar-refractivity contribution in [2.75, 3.05) is 39.8 Å². The van der Waals surface area contributed by atoms with Gasteiger partial charge in [0.05, 0.1) is 18.6 Å². The second kappa shape index (κ2) is 7.17. The predicted octanol–water partition coefficient (Wildman–Crippen LogP) is 1.34. The Hall–Kier alpha value is -2.25. The highest BCUT2D eigenvalue weighted by Crippen LogP contribution is 2.29. The fourth-order valence-electron chi connectivity index (χ4n) is 3.85. The second-order valence-corrected chi connectivity index (χ2v) is 7.30. The number of H-pyrrole nitrogens is 1. The Morgan fingerprint density at radius 1 is 1.23 bits per heavy atom. The maximum Gasteiger partial charge on any atom is 0.230 e. The summed E-state index contributed by atoms with van der Waals surface area (Å²) in [4.78, 5) is 21.3. The molecule has 2 aliphatic rings. The lowest BCUT2D eigenvalue weighted by Gasteiger charge is -2.46. The molecule has 7 heteroatoms. The molecule has 0 bridgehead atoms. The van der Waals surface area contributed by atoms with Gasteiger partial charge in [0.25, 0.3) is 0 Å². The number of carbonyl (C=O) groups is 1. The van der Waals surface area contributed by atoms with Gasteiger partial charge in [-0.15, -0.1) is 0 Å². The van der Waals surface area contributed by atoms with Crippen molar-refractivity contribution in [1.29, 1.82) is 0 Å². The van der Waals surface area contributed by atoms with E-state index in [-0.39, 0.29) is 17.9 Å². The Balaban J connectivity index is 1.34. The monoisotopic (exact) mass is 355 g/mol. The van der Waals surface area contributed by atoms with Crippen LogP contribution in [-0.4, -0.2) is 76.3 Å². The zero-order valence-electron chi connectivity index (χ0n) is 15.1. The number of morpholine rings is 1. The van der Waals surface area contributed by atoms with E-state index in [0.717, 1.165) is 51.2 Å². The molecule has 1 aromatic heterocycles. The highest BCUT2D eigenvalue weighted by molar-refractivity contribution is 5.78. The molecular formula is C19H25N5O2. The minimum Gasteiger partial charge on any atom is -0.372 e. The van der Waals surface area contributed by atoms with Crippen LogP contribution < -0.4 is 0 Å². The summed E-state index contributed by atoms with van der Waals surface area (Å²) in [5.74, 6) is 1.34. The zero-order valence-corrected chi connectivity index (χ0v) is 15.1. The number of likely N-dealkylation sites (N-methyl/N-ethyl adjacent to an activating group) is 1. The molecule has 1 amide bonds. The van der Waals surface area contributed by atoms with E-state index in [1.807, 2.05) is 35.2 Å². The molecule has 2 aliphatic heterocycles. The Morgan fingerprint density at radius 2 is 2.00 bits per heavy atom. The average Bonchev–Trinajstić information content (AvgIpc) is 3.11. The van der Waals surface area contributed by atoms with Gasteiger partial charge in [0, 0.05) is 31.7 Å². The summed E-state index contributed by atoms with van der Waals surface area (Å²) in [7, 11) is 2.13. The van der Waals surface area contributed by atoms with Gasteiger partial charge in [0.1, 0.15) is 5.82 Å². The largest absolute Gasteiger partial charge is 0.372 e. The minimum atomic E-state index is -0.0729. The number of rotatable bonds is 3. The first-order valence-corrected chi connectivity index (χ1v) is 9.21. The molecule has 4 rings (SSSR count). The lowest BCUT2D eigenvalue weighted by Crippen LogP contribution is -2.56. The Labute approximate surface area is 153 Å². The van der Waals surface area contributed by atoms with E-state index in [9.17, 15) is 4.79 Å². The number of nitrogens with one attached hydrogen (secondary N) is 1. The zero-order chi connectivity index (χ0) is 18.0. The summed E-state index contributed by atoms with van der Waals surface area (Å²) in [6, 6.07) is 9.77. The summed E-state index contributed by atoms with van der Waals surface area (Å²) >= 11 is 0. The number of carbonyl (C=O) groups excluding carboxylic acids is 1. The van der Waals surface area contributed by atoms with Gasteiger partial charge >= 0.3 is 0 Å². The van der Waals surface area contributed by atoms with Gasteiger partial charge in [0.15, 0.2) is 5.82 Å². The molecule has 3 heterocycles. The Bertz CT molecular complexity index is 752. The van der Waals surface area contributed by atoms with E-state index in [4.69, 9.17) is 4.74 Å². The third-order valence-electron chi connectivity index (χ3n) is 5.35. The van der Waals surface area contributed by atoms with E-state index < -0.39 is 0 Å².